The van der Waals surface area contributed by atoms with Crippen LogP contribution in [-0.2, 0) is 0 Å². The number of para-hydroxylation sites is 1. The molecule has 0 unspecified atom stereocenters. The Morgan fingerprint density at radius 1 is 1.20 bits per heavy atom. The fourth-order valence-electron chi connectivity index (χ4n) is 0.586. The van der Waals surface area contributed by atoms with Gasteiger partial charge in [0.1, 0.15) is 0 Å². The number of anilines is 1. The monoisotopic (exact) mass is 152 g/mol. The van der Waals surface area contributed by atoms with E-state index in [1.807, 2.05) is 36.5 Å². The van der Waals surface area contributed by atoms with Gasteiger partial charge in [-0.1, -0.05) is 18.2 Å². The van der Waals surface area contributed by atoms with Crippen LogP contribution in [0.2, 0.25) is 0 Å². The summed E-state index contributed by atoms with van der Waals surface area (Å²) in [6.07, 6.45) is 1.83. The van der Waals surface area contributed by atoms with Crippen LogP contribution in [0.1, 0.15) is 0 Å². The molecule has 0 bridgehead atoms. The van der Waals surface area contributed by atoms with E-state index < -0.39 is 0 Å². The van der Waals surface area contributed by atoms with Gasteiger partial charge in [-0.2, -0.15) is 18.8 Å². The van der Waals surface area contributed by atoms with Gasteiger partial charge >= 0.3 is 0 Å². The van der Waals surface area contributed by atoms with E-state index in [1.54, 1.807) is 0 Å². The first-order valence-corrected chi connectivity index (χ1v) is 2.63. The van der Waals surface area contributed by atoms with Crippen molar-refractivity contribution in [3.63, 3.8) is 0 Å². The van der Waals surface area contributed by atoms with Crippen LogP contribution in [0, 0.1) is 11.5 Å². The van der Waals surface area contributed by atoms with Gasteiger partial charge in [-0.3, -0.25) is 5.32 Å². The third-order valence-electron chi connectivity index (χ3n) is 0.974. The molecule has 2 nitrogen and oxygen atoms in total. The molecular weight excluding hydrogens is 144 g/mol. The van der Waals surface area contributed by atoms with Gasteiger partial charge in [0.25, 0.3) is 0 Å². The lowest BCUT2D eigenvalue weighted by Crippen LogP contribution is -1.83. The highest BCUT2D eigenvalue weighted by Gasteiger charge is 1.81. The van der Waals surface area contributed by atoms with Gasteiger partial charge in [0, 0.05) is 5.69 Å². The predicted octanol–water partition coefficient (Wildman–Crippen LogP) is 1.69. The summed E-state index contributed by atoms with van der Waals surface area (Å²) >= 11 is 0. The van der Waals surface area contributed by atoms with E-state index in [4.69, 9.17) is 5.26 Å². The standard InChI is InChI=1S/C7H6N2.H2S/c8-6-9-7-4-2-1-3-5-7;/h1-5,9H;1H2. The van der Waals surface area contributed by atoms with E-state index in [0.717, 1.165) is 5.69 Å². The molecule has 0 aliphatic carbocycles. The van der Waals surface area contributed by atoms with Crippen LogP contribution in [0.3, 0.4) is 0 Å². The van der Waals surface area contributed by atoms with Crippen molar-refractivity contribution in [1.82, 2.24) is 0 Å². The molecule has 0 amide bonds. The maximum absolute atomic E-state index is 8.16. The summed E-state index contributed by atoms with van der Waals surface area (Å²) in [6, 6.07) is 9.33. The maximum Gasteiger partial charge on any atom is 0.181 e. The SMILES string of the molecule is N#CNc1ccccc1.S. The lowest BCUT2D eigenvalue weighted by molar-refractivity contribution is 1.47. The largest absolute Gasteiger partial charge is 0.293 e. The van der Waals surface area contributed by atoms with Crippen molar-refractivity contribution in [2.24, 2.45) is 0 Å². The van der Waals surface area contributed by atoms with E-state index >= 15 is 0 Å². The van der Waals surface area contributed by atoms with Gasteiger partial charge in [0.15, 0.2) is 6.19 Å². The minimum Gasteiger partial charge on any atom is -0.293 e. The van der Waals surface area contributed by atoms with Crippen molar-refractivity contribution < 1.29 is 0 Å². The van der Waals surface area contributed by atoms with E-state index in [-0.39, 0.29) is 13.5 Å². The molecule has 0 aromatic heterocycles. The Morgan fingerprint density at radius 2 is 1.80 bits per heavy atom. The molecule has 52 valence electrons. The van der Waals surface area contributed by atoms with E-state index in [9.17, 15) is 0 Å². The number of nitrogens with zero attached hydrogens (tertiary/aromatic N) is 1. The molecule has 1 aromatic carbocycles. The Kier molecular flexibility index (Phi) is 4.17. The number of nitrogens with one attached hydrogen (secondary N) is 1. The summed E-state index contributed by atoms with van der Waals surface area (Å²) in [6.45, 7) is 0. The molecule has 0 spiro atoms. The first-order chi connectivity index (χ1) is 4.43. The minimum atomic E-state index is 0. The number of nitriles is 1. The zero-order valence-electron chi connectivity index (χ0n) is 5.33. The Morgan fingerprint density at radius 3 is 2.30 bits per heavy atom. The summed E-state index contributed by atoms with van der Waals surface area (Å²) in [5, 5.41) is 10.7. The van der Waals surface area contributed by atoms with Crippen LogP contribution >= 0.6 is 13.5 Å². The molecule has 0 aliphatic heterocycles. The van der Waals surface area contributed by atoms with Crippen molar-refractivity contribution in [1.29, 1.82) is 5.26 Å². The molecule has 0 aliphatic rings. The van der Waals surface area contributed by atoms with Crippen LogP contribution in [-0.4, -0.2) is 0 Å². The Labute approximate surface area is 66.9 Å². The summed E-state index contributed by atoms with van der Waals surface area (Å²) < 4.78 is 0. The van der Waals surface area contributed by atoms with Crippen molar-refractivity contribution in [3.05, 3.63) is 30.3 Å². The lowest BCUT2D eigenvalue weighted by atomic mass is 10.3. The van der Waals surface area contributed by atoms with Crippen LogP contribution in [0.5, 0.6) is 0 Å². The minimum absolute atomic E-state index is 0. The molecule has 0 fully saturated rings. The van der Waals surface area contributed by atoms with E-state index in [0.29, 0.717) is 0 Å². The molecule has 0 saturated heterocycles. The third kappa shape index (κ3) is 2.42. The Balaban J connectivity index is 0.000000810. The third-order valence-corrected chi connectivity index (χ3v) is 0.974. The molecule has 0 atom stereocenters. The molecule has 0 radical (unpaired) electrons. The first-order valence-electron chi connectivity index (χ1n) is 2.63. The maximum atomic E-state index is 8.16. The molecule has 0 saturated carbocycles. The number of hydrogen-bond acceptors (Lipinski definition) is 2. The quantitative estimate of drug-likeness (QED) is 0.491. The van der Waals surface area contributed by atoms with Gasteiger partial charge in [0.2, 0.25) is 0 Å². The molecule has 1 aromatic rings. The zero-order valence-corrected chi connectivity index (χ0v) is 6.33. The summed E-state index contributed by atoms with van der Waals surface area (Å²) in [5.74, 6) is 0. The van der Waals surface area contributed by atoms with Gasteiger partial charge < -0.3 is 0 Å². The summed E-state index contributed by atoms with van der Waals surface area (Å²) in [5.41, 5.74) is 0.833. The smallest absolute Gasteiger partial charge is 0.181 e. The van der Waals surface area contributed by atoms with Crippen LogP contribution in [0.25, 0.3) is 0 Å². The molecular formula is C7H8N2S. The second kappa shape index (κ2) is 4.71. The van der Waals surface area contributed by atoms with Crippen molar-refractivity contribution in [3.8, 4) is 6.19 Å². The average Bonchev–Trinajstić information content (AvgIpc) is 1.91. The van der Waals surface area contributed by atoms with Gasteiger partial charge in [-0.15, -0.1) is 0 Å². The van der Waals surface area contributed by atoms with Crippen molar-refractivity contribution in [2.75, 3.05) is 5.32 Å². The predicted molar refractivity (Wildman–Crippen MR) is 46.1 cm³/mol. The number of rotatable bonds is 1. The normalized spacial score (nSPS) is 7.10. The molecule has 3 heteroatoms. The topological polar surface area (TPSA) is 35.8 Å². The molecule has 1 rings (SSSR count). The molecule has 10 heavy (non-hydrogen) atoms. The Bertz CT molecular complexity index is 215. The molecule has 1 N–H and O–H groups in total. The number of hydrogen-bond donors (Lipinski definition) is 1. The fourth-order valence-corrected chi connectivity index (χ4v) is 0.586. The highest BCUT2D eigenvalue weighted by atomic mass is 32.1. The Hall–Kier alpha value is -1.14. The van der Waals surface area contributed by atoms with Gasteiger partial charge in [-0.25, -0.2) is 0 Å². The summed E-state index contributed by atoms with van der Waals surface area (Å²) in [7, 11) is 0. The summed E-state index contributed by atoms with van der Waals surface area (Å²) in [4.78, 5) is 0. The number of benzene rings is 1. The van der Waals surface area contributed by atoms with Crippen LogP contribution in [0.15, 0.2) is 30.3 Å². The second-order valence-electron chi connectivity index (χ2n) is 1.60. The van der Waals surface area contributed by atoms with Crippen LogP contribution in [0.4, 0.5) is 5.69 Å². The zero-order chi connectivity index (χ0) is 6.53. The molecule has 0 heterocycles. The highest BCUT2D eigenvalue weighted by Crippen LogP contribution is 2.02. The van der Waals surface area contributed by atoms with Gasteiger partial charge in [-0.05, 0) is 12.1 Å². The average molecular weight is 152 g/mol. The van der Waals surface area contributed by atoms with E-state index in [1.165, 1.54) is 0 Å². The van der Waals surface area contributed by atoms with Gasteiger partial charge in [0.05, 0.1) is 0 Å². The van der Waals surface area contributed by atoms with E-state index in [2.05, 4.69) is 5.32 Å². The highest BCUT2D eigenvalue weighted by molar-refractivity contribution is 7.59. The van der Waals surface area contributed by atoms with Crippen molar-refractivity contribution >= 4 is 19.2 Å². The lowest BCUT2D eigenvalue weighted by Gasteiger charge is -1.91. The van der Waals surface area contributed by atoms with Crippen molar-refractivity contribution in [2.45, 2.75) is 0 Å². The van der Waals surface area contributed by atoms with Crippen LogP contribution < -0.4 is 5.32 Å². The fraction of sp³-hybridized carbons (Fsp3) is 0. The first kappa shape index (κ1) is 8.86. The second-order valence-corrected chi connectivity index (χ2v) is 1.60.